The molecule has 24 heavy (non-hydrogen) atoms. The number of anilines is 1. The van der Waals surface area contributed by atoms with Gasteiger partial charge in [0.25, 0.3) is 0 Å². The first-order valence-corrected chi connectivity index (χ1v) is 9.64. The molecule has 4 N–H and O–H groups in total. The minimum atomic E-state index is -3.58. The monoisotopic (exact) mass is 354 g/mol. The van der Waals surface area contributed by atoms with Crippen molar-refractivity contribution in [3.05, 3.63) is 24.3 Å². The number of nitrogens with one attached hydrogen (secondary N) is 2. The normalized spacial score (nSPS) is 20.5. The minimum absolute atomic E-state index is 0.00972. The average Bonchev–Trinajstić information content (AvgIpc) is 2.33. The van der Waals surface area contributed by atoms with Crippen molar-refractivity contribution >= 4 is 21.6 Å². The van der Waals surface area contributed by atoms with Gasteiger partial charge in [-0.1, -0.05) is 0 Å². The Bertz CT molecular complexity index is 693. The van der Waals surface area contributed by atoms with Gasteiger partial charge in [0.1, 0.15) is 0 Å². The predicted octanol–water partition coefficient (Wildman–Crippen LogP) is 1.21. The van der Waals surface area contributed by atoms with Crippen LogP contribution in [0.4, 0.5) is 5.69 Å². The molecule has 1 aliphatic rings. The summed E-state index contributed by atoms with van der Waals surface area (Å²) in [5, 5.41) is 4.94. The van der Waals surface area contributed by atoms with Crippen molar-refractivity contribution in [2.24, 2.45) is 0 Å². The van der Waals surface area contributed by atoms with Crippen LogP contribution in [-0.4, -0.2) is 31.4 Å². The molecule has 6 nitrogen and oxygen atoms in total. The van der Waals surface area contributed by atoms with E-state index in [2.05, 4.69) is 43.1 Å². The van der Waals surface area contributed by atoms with E-state index in [4.69, 9.17) is 0 Å². The largest absolute Gasteiger partial charge is 0.337 e. The summed E-state index contributed by atoms with van der Waals surface area (Å²) in [6.07, 6.45) is 1.55. The molecule has 0 atom stereocenters. The van der Waals surface area contributed by atoms with E-state index in [1.807, 2.05) is 0 Å². The van der Waals surface area contributed by atoms with Crippen molar-refractivity contribution in [2.75, 3.05) is 5.32 Å². The Morgan fingerprint density at radius 3 is 2.04 bits per heavy atom. The molecule has 0 spiro atoms. The number of piperidine rings is 1. The summed E-state index contributed by atoms with van der Waals surface area (Å²) >= 11 is 0. The topological polar surface area (TPSA) is 91.9 Å². The van der Waals surface area contributed by atoms with Crippen LogP contribution in [0.3, 0.4) is 0 Å². The van der Waals surface area contributed by atoms with Gasteiger partial charge in [-0.2, -0.15) is 0 Å². The third-order valence-electron chi connectivity index (χ3n) is 4.13. The summed E-state index contributed by atoms with van der Waals surface area (Å²) in [5.74, 6) is -0.188. The van der Waals surface area contributed by atoms with Gasteiger partial charge in [-0.15, -0.1) is 0 Å². The molecular formula is C17H28N3O3S+. The van der Waals surface area contributed by atoms with Gasteiger partial charge < -0.3 is 10.6 Å². The Hall–Kier alpha value is -1.44. The van der Waals surface area contributed by atoms with Crippen LogP contribution in [0.5, 0.6) is 0 Å². The molecule has 0 aromatic heterocycles. The zero-order valence-corrected chi connectivity index (χ0v) is 15.8. The highest BCUT2D eigenvalue weighted by atomic mass is 32.2. The summed E-state index contributed by atoms with van der Waals surface area (Å²) in [5.41, 5.74) is 0.560. The van der Waals surface area contributed by atoms with Crippen LogP contribution in [0.1, 0.15) is 47.5 Å². The maximum atomic E-state index is 12.6. The summed E-state index contributed by atoms with van der Waals surface area (Å²) in [6, 6.07) is 6.12. The van der Waals surface area contributed by atoms with Gasteiger partial charge in [-0.25, -0.2) is 13.1 Å². The van der Waals surface area contributed by atoms with Crippen molar-refractivity contribution in [1.29, 1.82) is 0 Å². The number of carbonyl (C=O) groups excluding carboxylic acids is 1. The van der Waals surface area contributed by atoms with Crippen LogP contribution in [0.2, 0.25) is 0 Å². The van der Waals surface area contributed by atoms with E-state index in [-0.39, 0.29) is 27.9 Å². The molecule has 1 amide bonds. The highest BCUT2D eigenvalue weighted by molar-refractivity contribution is 7.89. The molecule has 7 heteroatoms. The second-order valence-corrected chi connectivity index (χ2v) is 9.77. The van der Waals surface area contributed by atoms with Gasteiger partial charge >= 0.3 is 0 Å². The predicted molar refractivity (Wildman–Crippen MR) is 94.2 cm³/mol. The van der Waals surface area contributed by atoms with Gasteiger partial charge in [-0.3, -0.25) is 4.79 Å². The number of sulfonamides is 1. The maximum absolute atomic E-state index is 12.6. The van der Waals surface area contributed by atoms with Crippen molar-refractivity contribution in [2.45, 2.75) is 69.5 Å². The van der Waals surface area contributed by atoms with Gasteiger partial charge in [0.15, 0.2) is 0 Å². The fraction of sp³-hybridized carbons (Fsp3) is 0.588. The molecule has 0 aliphatic carbocycles. The average molecular weight is 354 g/mol. The number of nitrogens with two attached hydrogens (primary N) is 1. The zero-order chi connectivity index (χ0) is 18.2. The summed E-state index contributed by atoms with van der Waals surface area (Å²) in [7, 11) is -3.58. The standard InChI is InChI=1S/C17H27N3O3S/c1-12(21)18-13-6-8-15(9-7-13)24(22,23)19-14-10-16(2,3)20-17(4,5)11-14/h6-9,14,19-20H,10-11H2,1-5H3,(H,18,21)/p+1. The Kier molecular flexibility index (Phi) is 5.09. The van der Waals surface area contributed by atoms with Crippen LogP contribution in [0.15, 0.2) is 29.2 Å². The Balaban J connectivity index is 2.14. The van der Waals surface area contributed by atoms with Crippen molar-refractivity contribution in [3.63, 3.8) is 0 Å². The van der Waals surface area contributed by atoms with E-state index >= 15 is 0 Å². The van der Waals surface area contributed by atoms with Crippen LogP contribution in [0, 0.1) is 0 Å². The van der Waals surface area contributed by atoms with E-state index in [1.54, 1.807) is 12.1 Å². The number of amides is 1. The third kappa shape index (κ3) is 5.03. The first-order chi connectivity index (χ1) is 10.9. The van der Waals surface area contributed by atoms with E-state index < -0.39 is 10.0 Å². The molecule has 1 aromatic carbocycles. The lowest BCUT2D eigenvalue weighted by Gasteiger charge is -2.43. The molecule has 134 valence electrons. The number of hydrogen-bond acceptors (Lipinski definition) is 3. The molecule has 1 heterocycles. The summed E-state index contributed by atoms with van der Waals surface area (Å²) in [6.45, 7) is 9.96. The smallest absolute Gasteiger partial charge is 0.240 e. The first kappa shape index (κ1) is 18.9. The lowest BCUT2D eigenvalue weighted by atomic mass is 9.80. The highest BCUT2D eigenvalue weighted by Gasteiger charge is 2.42. The lowest BCUT2D eigenvalue weighted by molar-refractivity contribution is -0.787. The number of quaternary nitrogens is 1. The van der Waals surface area contributed by atoms with Crippen LogP contribution >= 0.6 is 0 Å². The zero-order valence-electron chi connectivity index (χ0n) is 15.0. The van der Waals surface area contributed by atoms with Gasteiger partial charge in [-0.05, 0) is 52.0 Å². The fourth-order valence-electron chi connectivity index (χ4n) is 3.81. The highest BCUT2D eigenvalue weighted by Crippen LogP contribution is 2.23. The van der Waals surface area contributed by atoms with E-state index in [1.165, 1.54) is 19.1 Å². The maximum Gasteiger partial charge on any atom is 0.240 e. The van der Waals surface area contributed by atoms with Crippen molar-refractivity contribution < 1.29 is 18.5 Å². The first-order valence-electron chi connectivity index (χ1n) is 8.16. The van der Waals surface area contributed by atoms with E-state index in [9.17, 15) is 13.2 Å². The van der Waals surface area contributed by atoms with Gasteiger partial charge in [0.2, 0.25) is 15.9 Å². The van der Waals surface area contributed by atoms with Gasteiger partial charge in [0.05, 0.1) is 16.0 Å². The SMILES string of the molecule is CC(=O)Nc1ccc(S(=O)(=O)NC2CC(C)(C)[NH2+]C(C)(C)C2)cc1. The Morgan fingerprint density at radius 2 is 1.58 bits per heavy atom. The quantitative estimate of drug-likeness (QED) is 0.759. The number of benzene rings is 1. The number of rotatable bonds is 4. The van der Waals surface area contributed by atoms with Crippen LogP contribution < -0.4 is 15.4 Å². The van der Waals surface area contributed by atoms with Crippen LogP contribution in [-0.2, 0) is 14.8 Å². The molecule has 0 radical (unpaired) electrons. The Morgan fingerprint density at radius 1 is 1.08 bits per heavy atom. The van der Waals surface area contributed by atoms with Crippen molar-refractivity contribution in [1.82, 2.24) is 4.72 Å². The Labute approximate surface area is 144 Å². The second-order valence-electron chi connectivity index (χ2n) is 8.05. The molecule has 2 rings (SSSR count). The molecule has 1 fully saturated rings. The number of hydrogen-bond donors (Lipinski definition) is 3. The van der Waals surface area contributed by atoms with Crippen LogP contribution in [0.25, 0.3) is 0 Å². The third-order valence-corrected chi connectivity index (χ3v) is 5.67. The molecule has 1 aliphatic heterocycles. The molecular weight excluding hydrogens is 326 g/mol. The summed E-state index contributed by atoms with van der Waals surface area (Å²) in [4.78, 5) is 11.2. The molecule has 0 bridgehead atoms. The second kappa shape index (κ2) is 6.46. The molecule has 1 saturated heterocycles. The fourth-order valence-corrected chi connectivity index (χ4v) is 5.05. The number of carbonyl (C=O) groups is 1. The molecule has 1 aromatic rings. The lowest BCUT2D eigenvalue weighted by Crippen LogP contribution is -3.06. The molecule has 0 saturated carbocycles. The minimum Gasteiger partial charge on any atom is -0.337 e. The van der Waals surface area contributed by atoms with E-state index in [0.29, 0.717) is 5.69 Å². The summed E-state index contributed by atoms with van der Waals surface area (Å²) < 4.78 is 28.1. The van der Waals surface area contributed by atoms with Gasteiger partial charge in [0, 0.05) is 31.5 Å². The molecule has 0 unspecified atom stereocenters. The van der Waals surface area contributed by atoms with Crippen molar-refractivity contribution in [3.8, 4) is 0 Å². The van der Waals surface area contributed by atoms with E-state index in [0.717, 1.165) is 12.8 Å².